The van der Waals surface area contributed by atoms with E-state index in [9.17, 15) is 5.11 Å². The fourth-order valence-corrected chi connectivity index (χ4v) is 4.85. The van der Waals surface area contributed by atoms with E-state index in [1.165, 1.54) is 38.5 Å². The number of hydrogen-bond donors (Lipinski definition) is 3. The summed E-state index contributed by atoms with van der Waals surface area (Å²) in [4.78, 5) is 4.94. The zero-order chi connectivity index (χ0) is 19.8. The molecule has 1 saturated heterocycles. The standard InChI is InChI=1S/C22H43N3O2/c1-5-23-20(25-17-22(13-14-26)11-7-6-8-12-22)24-16-18-10-9-15-27-19(18)21(2,3)4/h18-19,26H,5-17H2,1-4H3,(H2,23,24,25). The molecule has 2 aliphatic rings. The van der Waals surface area contributed by atoms with Gasteiger partial charge in [0.15, 0.2) is 5.96 Å². The molecule has 0 aromatic carbocycles. The van der Waals surface area contributed by atoms with Crippen LogP contribution in [0.15, 0.2) is 4.99 Å². The van der Waals surface area contributed by atoms with E-state index < -0.39 is 0 Å². The maximum Gasteiger partial charge on any atom is 0.191 e. The summed E-state index contributed by atoms with van der Waals surface area (Å²) in [5.41, 5.74) is 0.354. The number of rotatable bonds is 7. The van der Waals surface area contributed by atoms with Gasteiger partial charge in [-0.15, -0.1) is 0 Å². The van der Waals surface area contributed by atoms with Gasteiger partial charge in [0.25, 0.3) is 0 Å². The zero-order valence-electron chi connectivity index (χ0n) is 18.1. The van der Waals surface area contributed by atoms with Gasteiger partial charge in [-0.3, -0.25) is 4.99 Å². The predicted octanol–water partition coefficient (Wildman–Crippen LogP) is 3.72. The SMILES string of the molecule is CCNC(=NCC1(CCO)CCCCC1)NCC1CCCOC1C(C)(C)C. The smallest absolute Gasteiger partial charge is 0.191 e. The van der Waals surface area contributed by atoms with Gasteiger partial charge in [-0.25, -0.2) is 0 Å². The number of nitrogens with one attached hydrogen (secondary N) is 2. The van der Waals surface area contributed by atoms with Gasteiger partial charge in [-0.1, -0.05) is 40.0 Å². The molecular formula is C22H43N3O2. The van der Waals surface area contributed by atoms with Crippen molar-refractivity contribution in [2.45, 2.75) is 85.2 Å². The monoisotopic (exact) mass is 381 g/mol. The highest BCUT2D eigenvalue weighted by Crippen LogP contribution is 2.39. The number of ether oxygens (including phenoxy) is 1. The van der Waals surface area contributed by atoms with E-state index in [0.29, 0.717) is 12.0 Å². The molecule has 2 fully saturated rings. The van der Waals surface area contributed by atoms with Crippen LogP contribution in [0.4, 0.5) is 0 Å². The van der Waals surface area contributed by atoms with Crippen molar-refractivity contribution in [1.82, 2.24) is 10.6 Å². The third-order valence-corrected chi connectivity index (χ3v) is 6.30. The van der Waals surface area contributed by atoms with Crippen molar-refractivity contribution in [3.63, 3.8) is 0 Å². The molecule has 158 valence electrons. The highest BCUT2D eigenvalue weighted by molar-refractivity contribution is 5.79. The van der Waals surface area contributed by atoms with Crippen LogP contribution in [0.3, 0.4) is 0 Å². The molecule has 2 atom stereocenters. The molecular weight excluding hydrogens is 338 g/mol. The third kappa shape index (κ3) is 6.94. The summed E-state index contributed by atoms with van der Waals surface area (Å²) >= 11 is 0. The molecule has 3 N–H and O–H groups in total. The average Bonchev–Trinajstić information content (AvgIpc) is 2.64. The molecule has 27 heavy (non-hydrogen) atoms. The maximum absolute atomic E-state index is 9.54. The summed E-state index contributed by atoms with van der Waals surface area (Å²) in [7, 11) is 0. The van der Waals surface area contributed by atoms with Crippen molar-refractivity contribution < 1.29 is 9.84 Å². The molecule has 1 aliphatic heterocycles. The Kier molecular flexibility index (Phi) is 8.87. The van der Waals surface area contributed by atoms with Crippen LogP contribution >= 0.6 is 0 Å². The Balaban J connectivity index is 1.97. The quantitative estimate of drug-likeness (QED) is 0.464. The average molecular weight is 382 g/mol. The first-order valence-electron chi connectivity index (χ1n) is 11.1. The molecule has 0 aromatic rings. The highest BCUT2D eigenvalue weighted by atomic mass is 16.5. The molecule has 0 radical (unpaired) electrons. The Labute approximate surface area is 166 Å². The second-order valence-electron chi connectivity index (χ2n) is 9.67. The molecule has 2 unspecified atom stereocenters. The van der Waals surface area contributed by atoms with E-state index in [1.807, 2.05) is 0 Å². The Morgan fingerprint density at radius 3 is 2.52 bits per heavy atom. The number of aliphatic imine (C=N–C) groups is 1. The first-order valence-corrected chi connectivity index (χ1v) is 11.1. The number of hydrogen-bond acceptors (Lipinski definition) is 3. The molecule has 1 heterocycles. The molecule has 0 spiro atoms. The van der Waals surface area contributed by atoms with Gasteiger partial charge in [0.05, 0.1) is 6.10 Å². The number of aliphatic hydroxyl groups excluding tert-OH is 1. The van der Waals surface area contributed by atoms with Crippen molar-refractivity contribution in [3.05, 3.63) is 0 Å². The van der Waals surface area contributed by atoms with Crippen molar-refractivity contribution >= 4 is 5.96 Å². The number of nitrogens with zero attached hydrogens (tertiary/aromatic N) is 1. The van der Waals surface area contributed by atoms with E-state index in [2.05, 4.69) is 38.3 Å². The van der Waals surface area contributed by atoms with E-state index in [4.69, 9.17) is 9.73 Å². The lowest BCUT2D eigenvalue weighted by Gasteiger charge is -2.40. The lowest BCUT2D eigenvalue weighted by atomic mass is 9.72. The minimum absolute atomic E-state index is 0.162. The largest absolute Gasteiger partial charge is 0.396 e. The van der Waals surface area contributed by atoms with Gasteiger partial charge in [-0.05, 0) is 49.9 Å². The van der Waals surface area contributed by atoms with Gasteiger partial charge in [0, 0.05) is 38.8 Å². The lowest BCUT2D eigenvalue weighted by Crippen LogP contribution is -2.47. The lowest BCUT2D eigenvalue weighted by molar-refractivity contribution is -0.0835. The minimum Gasteiger partial charge on any atom is -0.396 e. The zero-order valence-corrected chi connectivity index (χ0v) is 18.1. The molecule has 5 nitrogen and oxygen atoms in total. The molecule has 1 aliphatic carbocycles. The van der Waals surface area contributed by atoms with Gasteiger partial charge in [-0.2, -0.15) is 0 Å². The molecule has 0 amide bonds. The summed E-state index contributed by atoms with van der Waals surface area (Å²) in [6, 6.07) is 0. The molecule has 5 heteroatoms. The highest BCUT2D eigenvalue weighted by Gasteiger charge is 2.35. The van der Waals surface area contributed by atoms with Crippen LogP contribution in [0.25, 0.3) is 0 Å². The Bertz CT molecular complexity index is 447. The summed E-state index contributed by atoms with van der Waals surface area (Å²) in [5.74, 6) is 1.43. The molecule has 1 saturated carbocycles. The van der Waals surface area contributed by atoms with E-state index in [-0.39, 0.29) is 17.4 Å². The van der Waals surface area contributed by atoms with E-state index in [0.717, 1.165) is 45.0 Å². The third-order valence-electron chi connectivity index (χ3n) is 6.30. The Morgan fingerprint density at radius 2 is 1.89 bits per heavy atom. The second-order valence-corrected chi connectivity index (χ2v) is 9.67. The van der Waals surface area contributed by atoms with E-state index >= 15 is 0 Å². The van der Waals surface area contributed by atoms with Crippen LogP contribution in [-0.4, -0.2) is 50.0 Å². The van der Waals surface area contributed by atoms with Crippen LogP contribution in [0, 0.1) is 16.7 Å². The fraction of sp³-hybridized carbons (Fsp3) is 0.955. The first-order chi connectivity index (χ1) is 12.9. The normalized spacial score (nSPS) is 26.6. The first kappa shape index (κ1) is 22.5. The van der Waals surface area contributed by atoms with E-state index in [1.54, 1.807) is 0 Å². The fourth-order valence-electron chi connectivity index (χ4n) is 4.85. The van der Waals surface area contributed by atoms with Crippen molar-refractivity contribution in [2.75, 3.05) is 32.8 Å². The summed E-state index contributed by atoms with van der Waals surface area (Å²) in [6.07, 6.45) is 9.77. The van der Waals surface area contributed by atoms with Crippen LogP contribution in [0.1, 0.15) is 79.1 Å². The topological polar surface area (TPSA) is 65.9 Å². The predicted molar refractivity (Wildman–Crippen MR) is 113 cm³/mol. The second kappa shape index (κ2) is 10.7. The van der Waals surface area contributed by atoms with Crippen molar-refractivity contribution in [3.8, 4) is 0 Å². The number of aliphatic hydroxyl groups is 1. The number of guanidine groups is 1. The van der Waals surface area contributed by atoms with Crippen molar-refractivity contribution in [1.29, 1.82) is 0 Å². The maximum atomic E-state index is 9.54. The van der Waals surface area contributed by atoms with Gasteiger partial charge in [0.2, 0.25) is 0 Å². The van der Waals surface area contributed by atoms with Gasteiger partial charge in [0.1, 0.15) is 0 Å². The molecule has 0 bridgehead atoms. The van der Waals surface area contributed by atoms with Crippen LogP contribution in [0.5, 0.6) is 0 Å². The summed E-state index contributed by atoms with van der Waals surface area (Å²) in [6.45, 7) is 12.7. The Morgan fingerprint density at radius 1 is 1.15 bits per heavy atom. The van der Waals surface area contributed by atoms with Crippen LogP contribution < -0.4 is 10.6 Å². The van der Waals surface area contributed by atoms with Gasteiger partial charge < -0.3 is 20.5 Å². The summed E-state index contributed by atoms with van der Waals surface area (Å²) < 4.78 is 6.12. The molecule has 0 aromatic heterocycles. The summed E-state index contributed by atoms with van der Waals surface area (Å²) in [5, 5.41) is 16.5. The minimum atomic E-state index is 0.162. The van der Waals surface area contributed by atoms with Crippen molar-refractivity contribution in [2.24, 2.45) is 21.7 Å². The molecule has 2 rings (SSSR count). The Hall–Kier alpha value is -0.810. The van der Waals surface area contributed by atoms with Gasteiger partial charge >= 0.3 is 0 Å². The van der Waals surface area contributed by atoms with Crippen LogP contribution in [0.2, 0.25) is 0 Å². The van der Waals surface area contributed by atoms with Crippen LogP contribution in [-0.2, 0) is 4.74 Å².